The van der Waals surface area contributed by atoms with Crippen molar-refractivity contribution >= 4 is 17.3 Å². The van der Waals surface area contributed by atoms with Gasteiger partial charge in [-0.15, -0.1) is 0 Å². The van der Waals surface area contributed by atoms with E-state index in [1.54, 1.807) is 23.1 Å². The number of piperidine rings is 1. The molecule has 1 aliphatic heterocycles. The van der Waals surface area contributed by atoms with Crippen LogP contribution >= 0.6 is 0 Å². The van der Waals surface area contributed by atoms with Crippen molar-refractivity contribution in [2.75, 3.05) is 37.8 Å². The third-order valence-electron chi connectivity index (χ3n) is 3.40. The van der Waals surface area contributed by atoms with Crippen molar-refractivity contribution in [1.82, 2.24) is 4.90 Å². The SMILES string of the molecule is Nc1cc(N)cc(C(=O)N2CCC(OCCO)CC2)c1. The number of aliphatic hydroxyl groups is 1. The summed E-state index contributed by atoms with van der Waals surface area (Å²) in [7, 11) is 0. The van der Waals surface area contributed by atoms with Crippen molar-refractivity contribution in [2.24, 2.45) is 0 Å². The molecule has 0 radical (unpaired) electrons. The first-order chi connectivity index (χ1) is 9.60. The van der Waals surface area contributed by atoms with Crippen LogP contribution in [0.5, 0.6) is 0 Å². The molecule has 0 saturated carbocycles. The quantitative estimate of drug-likeness (QED) is 0.695. The minimum atomic E-state index is -0.0513. The van der Waals surface area contributed by atoms with Gasteiger partial charge < -0.3 is 26.2 Å². The molecule has 1 heterocycles. The highest BCUT2D eigenvalue weighted by molar-refractivity contribution is 5.96. The molecule has 6 heteroatoms. The summed E-state index contributed by atoms with van der Waals surface area (Å²) in [4.78, 5) is 14.1. The third kappa shape index (κ3) is 3.61. The first-order valence-electron chi connectivity index (χ1n) is 6.78. The van der Waals surface area contributed by atoms with Gasteiger partial charge in [-0.05, 0) is 31.0 Å². The van der Waals surface area contributed by atoms with E-state index in [4.69, 9.17) is 21.3 Å². The number of carbonyl (C=O) groups is 1. The van der Waals surface area contributed by atoms with E-state index in [2.05, 4.69) is 0 Å². The van der Waals surface area contributed by atoms with Crippen molar-refractivity contribution in [3.05, 3.63) is 23.8 Å². The lowest BCUT2D eigenvalue weighted by atomic mass is 10.1. The van der Waals surface area contributed by atoms with Crippen LogP contribution in [0.2, 0.25) is 0 Å². The average molecular weight is 279 g/mol. The Kier molecular flexibility index (Phi) is 4.81. The van der Waals surface area contributed by atoms with Gasteiger partial charge in [-0.25, -0.2) is 0 Å². The number of carbonyl (C=O) groups excluding carboxylic acids is 1. The Hall–Kier alpha value is -1.79. The fourth-order valence-corrected chi connectivity index (χ4v) is 2.43. The molecular weight excluding hydrogens is 258 g/mol. The fourth-order valence-electron chi connectivity index (χ4n) is 2.43. The van der Waals surface area contributed by atoms with Crippen molar-refractivity contribution in [3.63, 3.8) is 0 Å². The van der Waals surface area contributed by atoms with Crippen LogP contribution in [-0.2, 0) is 4.74 Å². The Morgan fingerprint density at radius 1 is 1.25 bits per heavy atom. The number of nitrogen functional groups attached to an aromatic ring is 2. The van der Waals surface area contributed by atoms with Crippen LogP contribution in [0.1, 0.15) is 23.2 Å². The average Bonchev–Trinajstić information content (AvgIpc) is 2.44. The first-order valence-corrected chi connectivity index (χ1v) is 6.78. The van der Waals surface area contributed by atoms with Crippen molar-refractivity contribution < 1.29 is 14.6 Å². The van der Waals surface area contributed by atoms with Crippen molar-refractivity contribution in [1.29, 1.82) is 0 Å². The van der Waals surface area contributed by atoms with E-state index in [-0.39, 0.29) is 18.6 Å². The zero-order valence-electron chi connectivity index (χ0n) is 11.4. The third-order valence-corrected chi connectivity index (χ3v) is 3.40. The predicted molar refractivity (Wildman–Crippen MR) is 77.2 cm³/mol. The van der Waals surface area contributed by atoms with Crippen molar-refractivity contribution in [2.45, 2.75) is 18.9 Å². The van der Waals surface area contributed by atoms with Gasteiger partial charge >= 0.3 is 0 Å². The number of hydrogen-bond donors (Lipinski definition) is 3. The zero-order valence-corrected chi connectivity index (χ0v) is 11.4. The van der Waals surface area contributed by atoms with Gasteiger partial charge in [-0.3, -0.25) is 4.79 Å². The van der Waals surface area contributed by atoms with Gasteiger partial charge in [0.15, 0.2) is 0 Å². The zero-order chi connectivity index (χ0) is 14.5. The molecule has 2 rings (SSSR count). The van der Waals surface area contributed by atoms with Gasteiger partial charge in [0.25, 0.3) is 5.91 Å². The molecule has 5 N–H and O–H groups in total. The molecule has 20 heavy (non-hydrogen) atoms. The number of hydrogen-bond acceptors (Lipinski definition) is 5. The number of ether oxygens (including phenoxy) is 1. The van der Waals surface area contributed by atoms with Gasteiger partial charge in [0.1, 0.15) is 0 Å². The van der Waals surface area contributed by atoms with E-state index >= 15 is 0 Å². The van der Waals surface area contributed by atoms with Crippen molar-refractivity contribution in [3.8, 4) is 0 Å². The maximum atomic E-state index is 12.4. The lowest BCUT2D eigenvalue weighted by molar-refractivity contribution is -0.00554. The predicted octanol–water partition coefficient (Wildman–Crippen LogP) is 0.464. The highest BCUT2D eigenvalue weighted by atomic mass is 16.5. The maximum Gasteiger partial charge on any atom is 0.254 e. The van der Waals surface area contributed by atoms with Gasteiger partial charge in [0, 0.05) is 30.0 Å². The summed E-state index contributed by atoms with van der Waals surface area (Å²) < 4.78 is 5.48. The molecule has 0 unspecified atom stereocenters. The Labute approximate surface area is 118 Å². The van der Waals surface area contributed by atoms with Gasteiger partial charge in [0.05, 0.1) is 19.3 Å². The molecule has 0 bridgehead atoms. The second kappa shape index (κ2) is 6.58. The lowest BCUT2D eigenvalue weighted by Gasteiger charge is -2.32. The number of anilines is 2. The molecule has 6 nitrogen and oxygen atoms in total. The van der Waals surface area contributed by atoms with Gasteiger partial charge in [-0.2, -0.15) is 0 Å². The van der Waals surface area contributed by atoms with E-state index < -0.39 is 0 Å². The number of likely N-dealkylation sites (tertiary alicyclic amines) is 1. The van der Waals surface area contributed by atoms with Gasteiger partial charge in [-0.1, -0.05) is 0 Å². The number of nitrogens with zero attached hydrogens (tertiary/aromatic N) is 1. The highest BCUT2D eigenvalue weighted by Gasteiger charge is 2.24. The monoisotopic (exact) mass is 279 g/mol. The Balaban J connectivity index is 1.94. The minimum Gasteiger partial charge on any atom is -0.399 e. The molecule has 0 aliphatic carbocycles. The topological polar surface area (TPSA) is 102 Å². The number of rotatable bonds is 4. The summed E-state index contributed by atoms with van der Waals surface area (Å²) in [6.45, 7) is 1.67. The molecule has 1 aromatic rings. The fraction of sp³-hybridized carbons (Fsp3) is 0.500. The smallest absolute Gasteiger partial charge is 0.254 e. The van der Waals surface area contributed by atoms with Crippen LogP contribution in [0.4, 0.5) is 11.4 Å². The molecule has 1 amide bonds. The largest absolute Gasteiger partial charge is 0.399 e. The molecular formula is C14H21N3O3. The summed E-state index contributed by atoms with van der Waals surface area (Å²) in [6, 6.07) is 4.92. The van der Waals surface area contributed by atoms with E-state index in [1.807, 2.05) is 0 Å². The maximum absolute atomic E-state index is 12.4. The molecule has 1 aliphatic rings. The second-order valence-electron chi connectivity index (χ2n) is 4.97. The molecule has 0 spiro atoms. The number of nitrogens with two attached hydrogens (primary N) is 2. The number of aliphatic hydroxyl groups excluding tert-OH is 1. The Morgan fingerprint density at radius 3 is 2.40 bits per heavy atom. The van der Waals surface area contributed by atoms with Crippen LogP contribution in [0.3, 0.4) is 0 Å². The van der Waals surface area contributed by atoms with E-state index in [1.165, 1.54) is 0 Å². The first kappa shape index (κ1) is 14.6. The van der Waals surface area contributed by atoms with E-state index in [0.29, 0.717) is 36.6 Å². The normalized spacial score (nSPS) is 16.4. The molecule has 110 valence electrons. The molecule has 1 aromatic carbocycles. The van der Waals surface area contributed by atoms with E-state index in [9.17, 15) is 4.79 Å². The standard InChI is InChI=1S/C14H21N3O3/c15-11-7-10(8-12(16)9-11)14(19)17-3-1-13(2-4-17)20-6-5-18/h7-9,13,18H,1-6,15-16H2. The summed E-state index contributed by atoms with van der Waals surface area (Å²) >= 11 is 0. The Morgan fingerprint density at radius 2 is 1.85 bits per heavy atom. The molecule has 0 aromatic heterocycles. The molecule has 0 atom stereocenters. The van der Waals surface area contributed by atoms with Crippen LogP contribution < -0.4 is 11.5 Å². The summed E-state index contributed by atoms with van der Waals surface area (Å²) in [5.41, 5.74) is 12.9. The minimum absolute atomic E-state index is 0.0295. The number of amides is 1. The molecule has 1 saturated heterocycles. The summed E-state index contributed by atoms with van der Waals surface area (Å²) in [5.74, 6) is -0.0513. The summed E-state index contributed by atoms with van der Waals surface area (Å²) in [5, 5.41) is 8.72. The highest BCUT2D eigenvalue weighted by Crippen LogP contribution is 2.19. The Bertz CT molecular complexity index is 450. The van der Waals surface area contributed by atoms with Gasteiger partial charge in [0.2, 0.25) is 0 Å². The van der Waals surface area contributed by atoms with Crippen LogP contribution in [-0.4, -0.2) is 48.3 Å². The second-order valence-corrected chi connectivity index (χ2v) is 4.97. The van der Waals surface area contributed by atoms with Crippen LogP contribution in [0.15, 0.2) is 18.2 Å². The summed E-state index contributed by atoms with van der Waals surface area (Å²) in [6.07, 6.45) is 1.68. The van der Waals surface area contributed by atoms with Crippen LogP contribution in [0.25, 0.3) is 0 Å². The lowest BCUT2D eigenvalue weighted by Crippen LogP contribution is -2.41. The van der Waals surface area contributed by atoms with E-state index in [0.717, 1.165) is 12.8 Å². The number of benzene rings is 1. The van der Waals surface area contributed by atoms with Crippen LogP contribution in [0, 0.1) is 0 Å². The molecule has 1 fully saturated rings.